The summed E-state index contributed by atoms with van der Waals surface area (Å²) >= 11 is 0. The summed E-state index contributed by atoms with van der Waals surface area (Å²) in [4.78, 5) is 68.8. The summed E-state index contributed by atoms with van der Waals surface area (Å²) in [5.74, 6) is -3.17. The number of carbonyl (C=O) groups excluding carboxylic acids is 4. The maximum absolute atomic E-state index is 14.3. The highest BCUT2D eigenvalue weighted by Gasteiger charge is 2.36. The number of amides is 4. The Kier molecular flexibility index (Phi) is 17.5. The van der Waals surface area contributed by atoms with Crippen LogP contribution in [0.15, 0.2) is 60.7 Å². The predicted octanol–water partition coefficient (Wildman–Crippen LogP) is 2.82. The minimum Gasteiger partial charge on any atom is -0.492 e. The van der Waals surface area contributed by atoms with Crippen LogP contribution in [0.25, 0.3) is 11.1 Å². The van der Waals surface area contributed by atoms with Gasteiger partial charge in [0.05, 0.1) is 0 Å². The van der Waals surface area contributed by atoms with Crippen LogP contribution >= 0.6 is 0 Å². The molecule has 0 saturated heterocycles. The average molecular weight is 802 g/mol. The molecule has 0 saturated carbocycles. The van der Waals surface area contributed by atoms with Crippen LogP contribution in [-0.2, 0) is 32.0 Å². The van der Waals surface area contributed by atoms with Gasteiger partial charge in [-0.15, -0.1) is 0 Å². The van der Waals surface area contributed by atoms with Crippen LogP contribution in [0.5, 0.6) is 11.5 Å². The Balaban J connectivity index is 1.71. The van der Waals surface area contributed by atoms with Crippen molar-refractivity contribution >= 4 is 29.6 Å². The number of hydrogen-bond acceptors (Lipinski definition) is 10. The van der Waals surface area contributed by atoms with Gasteiger partial charge in [-0.1, -0.05) is 63.3 Å². The molecule has 0 unspecified atom stereocenters. The van der Waals surface area contributed by atoms with E-state index in [0.29, 0.717) is 39.3 Å². The molecule has 4 amide bonds. The van der Waals surface area contributed by atoms with Gasteiger partial charge < -0.3 is 52.6 Å². The standard InChI is InChI=1S/C43H59N7O8/c1-4-5-6-7-8-9-10-28-11-14-30(15-12-28)40(52)49-35(26-46)42(54)50(3)38-31-16-18-37(58-22-20-45)33(25-31)32-23-29(13-17-36(32)57-21-19-44)24-34(43(55)56)48-39(51)27(2)47-41(38)53/h11-18,23,25,27,34-35,38H,4-10,19-22,24,26,44-46H2,1-3H3,(H,47,53)(H,48,51)(H,49,52)(H,55,56)/t27-,34-,35-,38-/m0/s1. The number of carboxylic acid groups (broad SMARTS) is 1. The smallest absolute Gasteiger partial charge is 0.326 e. The number of carbonyl (C=O) groups is 5. The van der Waals surface area contributed by atoms with E-state index in [2.05, 4.69) is 22.9 Å². The Morgan fingerprint density at radius 1 is 0.845 bits per heavy atom. The van der Waals surface area contributed by atoms with E-state index in [0.717, 1.165) is 29.7 Å². The average Bonchev–Trinajstić information content (AvgIpc) is 3.22. The summed E-state index contributed by atoms with van der Waals surface area (Å²) in [5, 5.41) is 17.9. The number of rotatable bonds is 19. The van der Waals surface area contributed by atoms with Crippen molar-refractivity contribution in [3.8, 4) is 22.6 Å². The van der Waals surface area contributed by atoms with Crippen molar-refractivity contribution in [1.82, 2.24) is 20.9 Å². The second-order valence-electron chi connectivity index (χ2n) is 14.5. The second kappa shape index (κ2) is 22.4. The van der Waals surface area contributed by atoms with Crippen molar-refractivity contribution in [1.29, 1.82) is 0 Å². The molecule has 0 radical (unpaired) electrons. The van der Waals surface area contributed by atoms with Crippen LogP contribution in [0, 0.1) is 0 Å². The van der Waals surface area contributed by atoms with E-state index in [1.807, 2.05) is 12.1 Å². The Labute approximate surface area is 340 Å². The Hall–Kier alpha value is -5.51. The third kappa shape index (κ3) is 12.2. The Morgan fingerprint density at radius 3 is 2.09 bits per heavy atom. The van der Waals surface area contributed by atoms with Gasteiger partial charge in [0.2, 0.25) is 17.7 Å². The number of nitrogens with two attached hydrogens (primary N) is 3. The zero-order valence-electron chi connectivity index (χ0n) is 33.8. The highest BCUT2D eigenvalue weighted by molar-refractivity contribution is 5.99. The summed E-state index contributed by atoms with van der Waals surface area (Å²) in [6.07, 6.45) is 7.92. The lowest BCUT2D eigenvalue weighted by Gasteiger charge is -2.32. The van der Waals surface area contributed by atoms with Gasteiger partial charge in [-0.05, 0) is 72.9 Å². The van der Waals surface area contributed by atoms with E-state index >= 15 is 0 Å². The van der Waals surface area contributed by atoms with E-state index in [-0.39, 0.29) is 39.3 Å². The minimum absolute atomic E-state index is 0.0833. The molecule has 4 atom stereocenters. The zero-order chi connectivity index (χ0) is 42.2. The molecule has 0 fully saturated rings. The molecule has 1 aliphatic heterocycles. The predicted molar refractivity (Wildman–Crippen MR) is 221 cm³/mol. The number of aryl methyl sites for hydroxylation is 1. The molecule has 1 aliphatic rings. The molecular weight excluding hydrogens is 743 g/mol. The molecule has 314 valence electrons. The molecule has 15 heteroatoms. The first-order chi connectivity index (χ1) is 27.9. The number of carboxylic acids is 1. The van der Waals surface area contributed by atoms with Crippen molar-refractivity contribution in [3.05, 3.63) is 82.9 Å². The molecule has 0 aromatic heterocycles. The number of aliphatic carboxylic acids is 1. The van der Waals surface area contributed by atoms with Gasteiger partial charge in [0.25, 0.3) is 5.91 Å². The molecule has 3 aromatic carbocycles. The number of benzene rings is 3. The number of nitrogens with zero attached hydrogens (tertiary/aromatic N) is 1. The van der Waals surface area contributed by atoms with Crippen LogP contribution in [0.3, 0.4) is 0 Å². The molecule has 58 heavy (non-hydrogen) atoms. The summed E-state index contributed by atoms with van der Waals surface area (Å²) < 4.78 is 12.0. The molecule has 10 N–H and O–H groups in total. The van der Waals surface area contributed by atoms with Crippen molar-refractivity contribution in [2.45, 2.75) is 89.4 Å². The lowest BCUT2D eigenvalue weighted by molar-refractivity contribution is -0.143. The molecule has 0 spiro atoms. The topological polar surface area (TPSA) is 241 Å². The van der Waals surface area contributed by atoms with Crippen molar-refractivity contribution < 1.29 is 38.6 Å². The number of unbranched alkanes of at least 4 members (excludes halogenated alkanes) is 5. The Bertz CT molecular complexity index is 1870. The third-order valence-electron chi connectivity index (χ3n) is 10.1. The van der Waals surface area contributed by atoms with Gasteiger partial charge in [0.1, 0.15) is 48.9 Å². The zero-order valence-corrected chi connectivity index (χ0v) is 33.8. The van der Waals surface area contributed by atoms with Crippen LogP contribution in [-0.4, -0.2) is 97.6 Å². The fraction of sp³-hybridized carbons (Fsp3) is 0.465. The maximum atomic E-state index is 14.3. The molecule has 0 aliphatic carbocycles. The maximum Gasteiger partial charge on any atom is 0.326 e. The third-order valence-corrected chi connectivity index (χ3v) is 10.1. The van der Waals surface area contributed by atoms with E-state index in [1.54, 1.807) is 48.5 Å². The van der Waals surface area contributed by atoms with E-state index < -0.39 is 53.8 Å². The molecular formula is C43H59N7O8. The van der Waals surface area contributed by atoms with E-state index in [9.17, 15) is 29.1 Å². The van der Waals surface area contributed by atoms with Gasteiger partial charge in [-0.2, -0.15) is 0 Å². The quantitative estimate of drug-likeness (QED) is 0.0870. The normalized spacial score (nSPS) is 17.2. The van der Waals surface area contributed by atoms with Gasteiger partial charge in [0, 0.05) is 49.8 Å². The highest BCUT2D eigenvalue weighted by Crippen LogP contribution is 2.40. The molecule has 4 rings (SSSR count). The molecule has 15 nitrogen and oxygen atoms in total. The summed E-state index contributed by atoms with van der Waals surface area (Å²) in [6.45, 7) is 4.05. The van der Waals surface area contributed by atoms with Crippen molar-refractivity contribution in [2.24, 2.45) is 17.2 Å². The van der Waals surface area contributed by atoms with E-state index in [1.165, 1.54) is 39.7 Å². The lowest BCUT2D eigenvalue weighted by atomic mass is 9.93. The first-order valence-corrected chi connectivity index (χ1v) is 20.0. The first kappa shape index (κ1) is 45.2. The van der Waals surface area contributed by atoms with Gasteiger partial charge in [0.15, 0.2) is 0 Å². The monoisotopic (exact) mass is 801 g/mol. The fourth-order valence-electron chi connectivity index (χ4n) is 6.84. The Morgan fingerprint density at radius 2 is 1.47 bits per heavy atom. The van der Waals surface area contributed by atoms with Gasteiger partial charge in [-0.25, -0.2) is 4.79 Å². The molecule has 4 bridgehead atoms. The minimum atomic E-state index is -1.37. The number of likely N-dealkylation sites (N-methyl/N-ethyl adjacent to an activating group) is 1. The largest absolute Gasteiger partial charge is 0.492 e. The summed E-state index contributed by atoms with van der Waals surface area (Å²) in [6, 6.07) is 12.1. The van der Waals surface area contributed by atoms with Crippen molar-refractivity contribution in [3.63, 3.8) is 0 Å². The summed E-state index contributed by atoms with van der Waals surface area (Å²) in [7, 11) is 1.40. The number of hydrogen-bond donors (Lipinski definition) is 7. The fourth-order valence-corrected chi connectivity index (χ4v) is 6.84. The number of ether oxygens (including phenoxy) is 2. The summed E-state index contributed by atoms with van der Waals surface area (Å²) in [5.41, 5.74) is 20.9. The van der Waals surface area contributed by atoms with E-state index in [4.69, 9.17) is 26.7 Å². The van der Waals surface area contributed by atoms with Crippen molar-refractivity contribution in [2.75, 3.05) is 39.9 Å². The highest BCUT2D eigenvalue weighted by atomic mass is 16.5. The molecule has 1 heterocycles. The van der Waals surface area contributed by atoms with Gasteiger partial charge >= 0.3 is 5.97 Å². The lowest BCUT2D eigenvalue weighted by Crippen LogP contribution is -2.56. The number of nitrogens with one attached hydrogen (secondary N) is 3. The SMILES string of the molecule is CCCCCCCCc1ccc(C(=O)N[C@@H](CN)C(=O)N(C)[C@@H]2C(=O)N[C@@H](C)C(=O)N[C@H](C(=O)O)Cc3ccc(OCCN)c(c3)-c3cc2ccc3OCCN)cc1. The van der Waals surface area contributed by atoms with Crippen LogP contribution < -0.4 is 42.6 Å². The second-order valence-corrected chi connectivity index (χ2v) is 14.5. The van der Waals surface area contributed by atoms with Crippen LogP contribution in [0.4, 0.5) is 0 Å². The number of fused-ring (bicyclic) bond motifs is 5. The molecule has 3 aromatic rings. The first-order valence-electron chi connectivity index (χ1n) is 20.0. The van der Waals surface area contributed by atoms with Crippen LogP contribution in [0.2, 0.25) is 0 Å². The van der Waals surface area contributed by atoms with Crippen LogP contribution in [0.1, 0.15) is 85.5 Å². The van der Waals surface area contributed by atoms with Gasteiger partial charge in [-0.3, -0.25) is 19.2 Å².